The number of nitrogens with zero attached hydrogens (tertiary/aromatic N) is 6. The van der Waals surface area contributed by atoms with Gasteiger partial charge in [0.1, 0.15) is 5.76 Å². The van der Waals surface area contributed by atoms with Gasteiger partial charge in [-0.15, -0.1) is 16.8 Å². The van der Waals surface area contributed by atoms with Crippen molar-refractivity contribution in [2.24, 2.45) is 0 Å². The maximum Gasteiger partial charge on any atom is 0.234 e. The number of hydrogen-bond donors (Lipinski definition) is 0. The van der Waals surface area contributed by atoms with Crippen molar-refractivity contribution >= 4 is 17.5 Å². The number of rotatable bonds is 6. The number of fused-ring (bicyclic) bond motifs is 1. The fraction of sp³-hybridized carbons (Fsp3) is 0.263. The van der Waals surface area contributed by atoms with E-state index >= 15 is 0 Å². The highest BCUT2D eigenvalue weighted by atomic mass is 32.2. The molecule has 0 amide bonds. The van der Waals surface area contributed by atoms with Crippen LogP contribution in [-0.2, 0) is 12.3 Å². The minimum absolute atomic E-state index is 0.625. The molecule has 4 aromatic rings. The molecule has 0 radical (unpaired) electrons. The van der Waals surface area contributed by atoms with E-state index in [1.54, 1.807) is 18.0 Å². The van der Waals surface area contributed by atoms with Crippen LogP contribution >= 0.6 is 11.8 Å². The summed E-state index contributed by atoms with van der Waals surface area (Å²) >= 11 is 1.60. The van der Waals surface area contributed by atoms with Gasteiger partial charge in [0.25, 0.3) is 0 Å². The Labute approximate surface area is 161 Å². The first-order chi connectivity index (χ1) is 13.1. The molecule has 4 aromatic heterocycles. The first-order valence-electron chi connectivity index (χ1n) is 8.60. The number of aromatic nitrogens is 6. The highest BCUT2D eigenvalue weighted by Crippen LogP contribution is 2.28. The molecule has 27 heavy (non-hydrogen) atoms. The molecule has 0 aliphatic heterocycles. The Morgan fingerprint density at radius 3 is 2.81 bits per heavy atom. The van der Waals surface area contributed by atoms with Crippen LogP contribution in [0.2, 0.25) is 0 Å². The van der Waals surface area contributed by atoms with Crippen LogP contribution in [0.5, 0.6) is 0 Å². The minimum Gasteiger partial charge on any atom is -0.469 e. The van der Waals surface area contributed by atoms with Crippen molar-refractivity contribution in [2.45, 2.75) is 38.2 Å². The number of furan rings is 1. The summed E-state index contributed by atoms with van der Waals surface area (Å²) in [5, 5.41) is 9.56. The van der Waals surface area contributed by atoms with Gasteiger partial charge in [-0.2, -0.15) is 0 Å². The molecule has 0 atom stereocenters. The second-order valence-corrected chi connectivity index (χ2v) is 7.27. The molecule has 7 nitrogen and oxygen atoms in total. The van der Waals surface area contributed by atoms with Gasteiger partial charge in [0, 0.05) is 29.9 Å². The fourth-order valence-corrected chi connectivity index (χ4v) is 3.86. The summed E-state index contributed by atoms with van der Waals surface area (Å²) in [6.45, 7) is 10.4. The Kier molecular flexibility index (Phi) is 4.57. The Morgan fingerprint density at radius 2 is 2.07 bits per heavy atom. The topological polar surface area (TPSA) is 74.0 Å². The lowest BCUT2D eigenvalue weighted by Gasteiger charge is -2.06. The lowest BCUT2D eigenvalue weighted by Crippen LogP contribution is -2.00. The number of thioether (sulfide) groups is 1. The Bertz CT molecular complexity index is 1120. The third-order valence-corrected chi connectivity index (χ3v) is 5.29. The molecule has 138 valence electrons. The predicted molar refractivity (Wildman–Crippen MR) is 105 cm³/mol. The van der Waals surface area contributed by atoms with Gasteiger partial charge in [-0.1, -0.05) is 17.8 Å². The van der Waals surface area contributed by atoms with E-state index in [0.29, 0.717) is 12.3 Å². The average Bonchev–Trinajstić information content (AvgIpc) is 3.32. The van der Waals surface area contributed by atoms with Gasteiger partial charge in [0.15, 0.2) is 11.0 Å². The van der Waals surface area contributed by atoms with E-state index in [-0.39, 0.29) is 0 Å². The molecule has 0 bridgehead atoms. The third kappa shape index (κ3) is 3.28. The van der Waals surface area contributed by atoms with Gasteiger partial charge >= 0.3 is 0 Å². The van der Waals surface area contributed by atoms with E-state index in [0.717, 1.165) is 45.2 Å². The molecule has 0 N–H and O–H groups in total. The molecule has 8 heteroatoms. The summed E-state index contributed by atoms with van der Waals surface area (Å²) in [5.74, 6) is 3.01. The SMILES string of the molecule is C=CCn1c(SCc2cn3c(C)cc(C)nc3n2)nnc1-c1ccoc1C. The van der Waals surface area contributed by atoms with Gasteiger partial charge in [-0.05, 0) is 32.9 Å². The second kappa shape index (κ2) is 7.03. The minimum atomic E-state index is 0.625. The molecule has 0 saturated carbocycles. The fourth-order valence-electron chi connectivity index (χ4n) is 3.03. The van der Waals surface area contributed by atoms with Gasteiger partial charge in [0.2, 0.25) is 5.78 Å². The van der Waals surface area contributed by atoms with Crippen LogP contribution in [0.1, 0.15) is 22.8 Å². The molecule has 0 aliphatic carbocycles. The van der Waals surface area contributed by atoms with E-state index < -0.39 is 0 Å². The molecule has 0 spiro atoms. The van der Waals surface area contributed by atoms with Crippen LogP contribution in [0.3, 0.4) is 0 Å². The Hall–Kier alpha value is -2.87. The zero-order valence-corrected chi connectivity index (χ0v) is 16.3. The van der Waals surface area contributed by atoms with Crippen LogP contribution in [0, 0.1) is 20.8 Å². The third-order valence-electron chi connectivity index (χ3n) is 4.29. The normalized spacial score (nSPS) is 11.4. The van der Waals surface area contributed by atoms with Crippen molar-refractivity contribution in [3.8, 4) is 11.4 Å². The van der Waals surface area contributed by atoms with E-state index in [4.69, 9.17) is 4.42 Å². The smallest absolute Gasteiger partial charge is 0.234 e. The zero-order valence-electron chi connectivity index (χ0n) is 15.5. The lowest BCUT2D eigenvalue weighted by molar-refractivity contribution is 0.534. The molecule has 4 heterocycles. The average molecular weight is 380 g/mol. The number of allylic oxidation sites excluding steroid dienone is 1. The summed E-state index contributed by atoms with van der Waals surface area (Å²) < 4.78 is 9.46. The highest BCUT2D eigenvalue weighted by Gasteiger charge is 2.17. The van der Waals surface area contributed by atoms with Gasteiger partial charge in [0.05, 0.1) is 17.5 Å². The quantitative estimate of drug-likeness (QED) is 0.372. The molecular formula is C19H20N6OS. The summed E-state index contributed by atoms with van der Waals surface area (Å²) in [6.07, 6.45) is 5.53. The predicted octanol–water partition coefficient (Wildman–Crippen LogP) is 3.98. The molecule has 0 aromatic carbocycles. The second-order valence-electron chi connectivity index (χ2n) is 6.33. The molecule has 4 rings (SSSR count). The van der Waals surface area contributed by atoms with Crippen molar-refractivity contribution in [3.63, 3.8) is 0 Å². The maximum atomic E-state index is 5.41. The number of hydrogen-bond acceptors (Lipinski definition) is 6. The van der Waals surface area contributed by atoms with Crippen molar-refractivity contribution in [3.05, 3.63) is 60.1 Å². The van der Waals surface area contributed by atoms with Gasteiger partial charge in [-0.3, -0.25) is 8.97 Å². The van der Waals surface area contributed by atoms with Crippen LogP contribution in [0.15, 0.2) is 46.8 Å². The largest absolute Gasteiger partial charge is 0.469 e. The Balaban J connectivity index is 1.61. The molecule has 0 saturated heterocycles. The van der Waals surface area contributed by atoms with Crippen molar-refractivity contribution in [2.75, 3.05) is 0 Å². The summed E-state index contributed by atoms with van der Waals surface area (Å²) in [5.41, 5.74) is 3.99. The van der Waals surface area contributed by atoms with Gasteiger partial charge < -0.3 is 4.42 Å². The summed E-state index contributed by atoms with van der Waals surface area (Å²) in [4.78, 5) is 9.13. The van der Waals surface area contributed by atoms with Crippen molar-refractivity contribution < 1.29 is 4.42 Å². The standard InChI is InChI=1S/C19H20N6OS/c1-5-7-24-17(16-6-8-26-14(16)4)22-23-19(24)27-11-15-10-25-13(3)9-12(2)20-18(25)21-15/h5-6,8-10H,1,7,11H2,2-4H3. The molecule has 0 unspecified atom stereocenters. The number of imidazole rings is 1. The van der Waals surface area contributed by atoms with Crippen LogP contribution < -0.4 is 0 Å². The van der Waals surface area contributed by atoms with E-state index in [1.165, 1.54) is 0 Å². The molecule has 0 fully saturated rings. The van der Waals surface area contributed by atoms with E-state index in [1.807, 2.05) is 47.2 Å². The first kappa shape index (κ1) is 17.5. The zero-order chi connectivity index (χ0) is 19.0. The van der Waals surface area contributed by atoms with Crippen LogP contribution in [0.4, 0.5) is 0 Å². The summed E-state index contributed by atoms with van der Waals surface area (Å²) in [7, 11) is 0. The molecular weight excluding hydrogens is 360 g/mol. The van der Waals surface area contributed by atoms with Crippen molar-refractivity contribution in [1.82, 2.24) is 29.1 Å². The maximum absolute atomic E-state index is 5.41. The summed E-state index contributed by atoms with van der Waals surface area (Å²) in [6, 6.07) is 3.96. The lowest BCUT2D eigenvalue weighted by atomic mass is 10.2. The van der Waals surface area contributed by atoms with E-state index in [2.05, 4.69) is 33.7 Å². The number of aryl methyl sites for hydroxylation is 3. The van der Waals surface area contributed by atoms with Crippen LogP contribution in [0.25, 0.3) is 17.2 Å². The van der Waals surface area contributed by atoms with Crippen molar-refractivity contribution in [1.29, 1.82) is 0 Å². The highest BCUT2D eigenvalue weighted by molar-refractivity contribution is 7.98. The van der Waals surface area contributed by atoms with Gasteiger partial charge in [-0.25, -0.2) is 9.97 Å². The van der Waals surface area contributed by atoms with Crippen LogP contribution in [-0.4, -0.2) is 29.1 Å². The van der Waals surface area contributed by atoms with E-state index in [9.17, 15) is 0 Å². The Morgan fingerprint density at radius 1 is 1.22 bits per heavy atom. The first-order valence-corrected chi connectivity index (χ1v) is 9.59. The molecule has 0 aliphatic rings. The monoisotopic (exact) mass is 380 g/mol.